The summed E-state index contributed by atoms with van der Waals surface area (Å²) >= 11 is 4.26. The number of nitrogens with zero attached hydrogens (tertiary/aromatic N) is 4. The molecule has 0 bridgehead atoms. The molecule has 0 saturated heterocycles. The Labute approximate surface area is 378 Å². The second kappa shape index (κ2) is 15.5. The van der Waals surface area contributed by atoms with E-state index in [9.17, 15) is 0 Å². The first-order chi connectivity index (χ1) is 31.2. The fourth-order valence-electron chi connectivity index (χ4n) is 9.04. The molecule has 0 aliphatic heterocycles. The summed E-state index contributed by atoms with van der Waals surface area (Å²) in [5.41, 5.74) is 13.4. The van der Waals surface area contributed by atoms with E-state index in [1.165, 1.54) is 21.0 Å². The van der Waals surface area contributed by atoms with Crippen LogP contribution in [0.2, 0.25) is 0 Å². The molecule has 0 amide bonds. The molecule has 5 nitrogen and oxygen atoms in total. The van der Waals surface area contributed by atoms with Gasteiger partial charge in [-0.25, -0.2) is 0 Å². The zero-order valence-corrected chi connectivity index (χ0v) is 36.8. The predicted octanol–water partition coefficient (Wildman–Crippen LogP) is 15.0. The van der Waals surface area contributed by atoms with E-state index in [0.29, 0.717) is 0 Å². The van der Waals surface area contributed by atoms with Gasteiger partial charge in [0.1, 0.15) is 0 Å². The average Bonchev–Trinajstić information content (AvgIpc) is 4.04. The normalized spacial score (nSPS) is 11.6. The molecule has 12 rings (SSSR count). The van der Waals surface area contributed by atoms with Crippen LogP contribution in [0.15, 0.2) is 218 Å². The summed E-state index contributed by atoms with van der Waals surface area (Å²) in [6.45, 7) is 0. The van der Waals surface area contributed by atoms with Gasteiger partial charge in [-0.1, -0.05) is 30.3 Å². The summed E-state index contributed by atoms with van der Waals surface area (Å²) < 4.78 is 16.1. The summed E-state index contributed by atoms with van der Waals surface area (Å²) in [4.78, 5) is 5.07. The number of ether oxygens (including phenoxy) is 1. The van der Waals surface area contributed by atoms with Crippen molar-refractivity contribution in [2.75, 3.05) is 0 Å². The third-order valence-electron chi connectivity index (χ3n) is 11.9. The predicted molar refractivity (Wildman–Crippen MR) is 256 cm³/mol. The van der Waals surface area contributed by atoms with E-state index in [2.05, 4.69) is 239 Å². The van der Waals surface area contributed by atoms with E-state index in [0.717, 1.165) is 87.8 Å². The van der Waals surface area contributed by atoms with Gasteiger partial charge in [0.15, 0.2) is 0 Å². The monoisotopic (exact) mass is 1010 g/mol. The van der Waals surface area contributed by atoms with Crippen molar-refractivity contribution < 1.29 is 24.1 Å². The van der Waals surface area contributed by atoms with Gasteiger partial charge in [-0.2, -0.15) is 0 Å². The summed E-state index contributed by atoms with van der Waals surface area (Å²) in [5.74, 6) is 2.35. The van der Waals surface area contributed by atoms with E-state index in [-0.39, 0.29) is 0 Å². The van der Waals surface area contributed by atoms with Crippen molar-refractivity contribution in [3.8, 4) is 62.1 Å². The molecular formula is C56H36N4OPtS. The maximum atomic E-state index is 6.79. The molecule has 0 radical (unpaired) electrons. The van der Waals surface area contributed by atoms with Crippen LogP contribution in [0.4, 0.5) is 0 Å². The van der Waals surface area contributed by atoms with Crippen LogP contribution in [0.1, 0.15) is 0 Å². The quantitative estimate of drug-likeness (QED) is 0.152. The Hall–Kier alpha value is -7.37. The summed E-state index contributed by atoms with van der Waals surface area (Å²) in [6, 6.07) is 72.9. The third kappa shape index (κ3) is 6.41. The van der Waals surface area contributed by atoms with Crippen LogP contribution in [0, 0.1) is 3.80 Å². The standard InChI is InChI=1S/C56H36N4OS.Pt/c1-3-14-38(15-4-1)45-22-13-23-46(39-16-5-2-6-17-39)55(45)59-37-58(51-26-9-10-27-52(51)59)42-19-12-20-43(34-42)61-44-29-30-49-48-21-7-8-25-50(48)60(53(49)35-44)54-31-28-41(36-57-54)47-24-11-18-40-32-33-62-56(40)47;/h1-36H;. The molecule has 4 aromatic heterocycles. The van der Waals surface area contributed by atoms with Crippen molar-refractivity contribution >= 4 is 54.3 Å². The molecule has 8 aromatic carbocycles. The van der Waals surface area contributed by atoms with Gasteiger partial charge in [0.05, 0.1) is 0 Å². The molecule has 0 unspecified atom stereocenters. The van der Waals surface area contributed by atoms with Crippen molar-refractivity contribution in [2.45, 2.75) is 0 Å². The number of thiophene rings is 1. The number of hydrogen-bond donors (Lipinski definition) is 0. The number of hydrogen-bond acceptors (Lipinski definition) is 3. The van der Waals surface area contributed by atoms with E-state index < -0.39 is 0 Å². The molecule has 12 aromatic rings. The fourth-order valence-corrected chi connectivity index (χ4v) is 11.1. The van der Waals surface area contributed by atoms with Crippen LogP contribution in [0.5, 0.6) is 11.5 Å². The molecular weight excluding hydrogens is 972 g/mol. The van der Waals surface area contributed by atoms with E-state index in [4.69, 9.17) is 9.72 Å². The molecule has 0 aliphatic carbocycles. The number of pyridine rings is 1. The first-order valence-corrected chi connectivity index (χ1v) is 22.9. The van der Waals surface area contributed by atoms with Gasteiger partial charge >= 0.3 is 294 Å². The number of benzene rings is 8. The summed E-state index contributed by atoms with van der Waals surface area (Å²) in [7, 11) is 0. The zero-order chi connectivity index (χ0) is 41.9. The van der Waals surface area contributed by atoms with Crippen LogP contribution < -0.4 is 4.74 Å². The van der Waals surface area contributed by atoms with E-state index in [1.54, 1.807) is 11.3 Å². The molecule has 0 saturated carbocycles. The van der Waals surface area contributed by atoms with Crippen LogP contribution in [-0.2, 0) is 19.4 Å². The van der Waals surface area contributed by atoms with Crippen molar-refractivity contribution in [1.82, 2.24) is 18.7 Å². The Morgan fingerprint density at radius 1 is 0.444 bits per heavy atom. The van der Waals surface area contributed by atoms with Crippen molar-refractivity contribution in [3.05, 3.63) is 222 Å². The van der Waals surface area contributed by atoms with Crippen LogP contribution in [0.25, 0.3) is 93.5 Å². The molecule has 0 fully saturated rings. The molecule has 7 heteroatoms. The first kappa shape index (κ1) is 37.4. The number of fused-ring (bicyclic) bond motifs is 5. The minimum absolute atomic E-state index is 0.745. The SMILES string of the molecule is [Pt]=[c]1n(-c2cccc(Oc3ccc4c5ccccc5n(-c5ccc(-c6cccc7ccsc67)cn5)c4c3)c2)c2ccccc2n1-c1c(-c2ccccc2)cccc1-c1ccccc1. The Morgan fingerprint density at radius 2 is 1.08 bits per heavy atom. The van der Waals surface area contributed by atoms with Gasteiger partial charge in [0.25, 0.3) is 0 Å². The molecule has 63 heavy (non-hydrogen) atoms. The summed E-state index contributed by atoms with van der Waals surface area (Å²) in [5, 5.41) is 5.72. The summed E-state index contributed by atoms with van der Waals surface area (Å²) in [6.07, 6.45) is 2.00. The Kier molecular flexibility index (Phi) is 9.21. The number of aromatic nitrogens is 4. The zero-order valence-electron chi connectivity index (χ0n) is 33.7. The number of rotatable bonds is 8. The number of imidazole rings is 1. The Balaban J connectivity index is 0.956. The Morgan fingerprint density at radius 3 is 1.83 bits per heavy atom. The van der Waals surface area contributed by atoms with Crippen LogP contribution in [-0.4, -0.2) is 18.7 Å². The molecule has 0 N–H and O–H groups in total. The fraction of sp³-hybridized carbons (Fsp3) is 0. The van der Waals surface area contributed by atoms with Crippen molar-refractivity contribution in [1.29, 1.82) is 0 Å². The minimum atomic E-state index is 0.745. The second-order valence-electron chi connectivity index (χ2n) is 15.5. The molecule has 0 spiro atoms. The Bertz CT molecular complexity index is 3680. The van der Waals surface area contributed by atoms with Gasteiger partial charge in [-0.3, -0.25) is 0 Å². The van der Waals surface area contributed by atoms with Crippen LogP contribution in [0.3, 0.4) is 0 Å². The maximum absolute atomic E-state index is 6.79. The second-order valence-corrected chi connectivity index (χ2v) is 17.4. The van der Waals surface area contributed by atoms with Crippen molar-refractivity contribution in [2.24, 2.45) is 0 Å². The average molecular weight is 1010 g/mol. The first-order valence-electron chi connectivity index (χ1n) is 20.8. The number of para-hydroxylation sites is 4. The van der Waals surface area contributed by atoms with Gasteiger partial charge in [-0.05, 0) is 22.9 Å². The third-order valence-corrected chi connectivity index (χ3v) is 13.8. The van der Waals surface area contributed by atoms with Crippen LogP contribution >= 0.6 is 11.3 Å². The molecule has 4 heterocycles. The molecule has 0 aliphatic rings. The van der Waals surface area contributed by atoms with Gasteiger partial charge in [0, 0.05) is 22.0 Å². The molecule has 302 valence electrons. The van der Waals surface area contributed by atoms with E-state index in [1.807, 2.05) is 12.3 Å². The molecule has 0 atom stereocenters. The van der Waals surface area contributed by atoms with Gasteiger partial charge in [-0.15, -0.1) is 11.3 Å². The topological polar surface area (TPSA) is 36.9 Å². The van der Waals surface area contributed by atoms with E-state index >= 15 is 0 Å². The van der Waals surface area contributed by atoms with Gasteiger partial charge in [0.2, 0.25) is 0 Å². The van der Waals surface area contributed by atoms with Gasteiger partial charge < -0.3 is 0 Å². The van der Waals surface area contributed by atoms with Crippen molar-refractivity contribution in [3.63, 3.8) is 0 Å².